The van der Waals surface area contributed by atoms with E-state index in [2.05, 4.69) is 25.8 Å². The molecule has 2 aromatic rings. The molecular weight excluding hydrogens is 308 g/mol. The van der Waals surface area contributed by atoms with Gasteiger partial charge in [0.15, 0.2) is 5.16 Å². The van der Waals surface area contributed by atoms with Crippen LogP contribution in [0.4, 0.5) is 0 Å². The second-order valence-electron chi connectivity index (χ2n) is 5.35. The van der Waals surface area contributed by atoms with Crippen molar-refractivity contribution in [3.63, 3.8) is 0 Å². The van der Waals surface area contributed by atoms with Gasteiger partial charge in [0.2, 0.25) is 0 Å². The van der Waals surface area contributed by atoms with Gasteiger partial charge in [0.25, 0.3) is 5.56 Å². The number of aromatic nitrogens is 2. The number of rotatable bonds is 6. The number of carboxylic acids is 1. The van der Waals surface area contributed by atoms with E-state index in [1.54, 1.807) is 10.6 Å². The number of carbonyl (C=O) groups is 1. The number of nitrogens with zero attached hydrogens (tertiary/aromatic N) is 2. The average Bonchev–Trinajstić information content (AvgIpc) is 2.88. The van der Waals surface area contributed by atoms with E-state index in [1.807, 2.05) is 5.38 Å². The molecule has 0 aliphatic heterocycles. The molecule has 0 aliphatic carbocycles. The fourth-order valence-electron chi connectivity index (χ4n) is 1.82. The molecular formula is C14H18N2O3S2. The van der Waals surface area contributed by atoms with Crippen molar-refractivity contribution in [2.75, 3.05) is 5.75 Å². The first-order valence-corrected chi connectivity index (χ1v) is 8.59. The lowest BCUT2D eigenvalue weighted by Crippen LogP contribution is -2.27. The number of thioether (sulfide) groups is 1. The molecule has 0 aromatic carbocycles. The van der Waals surface area contributed by atoms with E-state index in [0.717, 1.165) is 11.8 Å². The molecule has 0 amide bonds. The van der Waals surface area contributed by atoms with E-state index >= 15 is 0 Å². The summed E-state index contributed by atoms with van der Waals surface area (Å²) in [6.07, 6.45) is 0. The average molecular weight is 326 g/mol. The molecule has 7 heteroatoms. The predicted molar refractivity (Wildman–Crippen MR) is 86.2 cm³/mol. The summed E-state index contributed by atoms with van der Waals surface area (Å²) in [6.45, 7) is 6.86. The van der Waals surface area contributed by atoms with Gasteiger partial charge in [0, 0.05) is 6.54 Å². The number of hydrogen-bond donors (Lipinski definition) is 1. The lowest BCUT2D eigenvalue weighted by Gasteiger charge is -2.19. The quantitative estimate of drug-likeness (QED) is 0.653. The van der Waals surface area contributed by atoms with Crippen LogP contribution in [-0.4, -0.2) is 26.4 Å². The first-order chi connectivity index (χ1) is 9.90. The third-order valence-electron chi connectivity index (χ3n) is 3.46. The Morgan fingerprint density at radius 1 is 1.48 bits per heavy atom. The molecule has 1 N–H and O–H groups in total. The minimum absolute atomic E-state index is 0.0737. The van der Waals surface area contributed by atoms with Crippen LogP contribution < -0.4 is 5.56 Å². The summed E-state index contributed by atoms with van der Waals surface area (Å²) in [4.78, 5) is 27.8. The van der Waals surface area contributed by atoms with Crippen LogP contribution >= 0.6 is 23.1 Å². The van der Waals surface area contributed by atoms with Crippen LogP contribution in [0.5, 0.6) is 0 Å². The molecule has 0 saturated heterocycles. The van der Waals surface area contributed by atoms with Crippen molar-refractivity contribution < 1.29 is 9.90 Å². The van der Waals surface area contributed by atoms with E-state index in [1.165, 1.54) is 11.3 Å². The summed E-state index contributed by atoms with van der Waals surface area (Å²) in [5, 5.41) is 11.2. The molecule has 0 spiro atoms. The van der Waals surface area contributed by atoms with Crippen LogP contribution in [0.3, 0.4) is 0 Å². The Kier molecular flexibility index (Phi) is 5.05. The molecule has 2 rings (SSSR count). The molecule has 1 atom stereocenters. The molecule has 2 aromatic heterocycles. The zero-order valence-corrected chi connectivity index (χ0v) is 13.8. The van der Waals surface area contributed by atoms with Crippen LogP contribution in [0.1, 0.15) is 20.8 Å². The smallest absolute Gasteiger partial charge is 0.313 e. The monoisotopic (exact) mass is 326 g/mol. The Morgan fingerprint density at radius 2 is 2.19 bits per heavy atom. The number of thiophene rings is 1. The summed E-state index contributed by atoms with van der Waals surface area (Å²) >= 11 is 2.47. The van der Waals surface area contributed by atoms with Crippen LogP contribution in [0.15, 0.2) is 21.4 Å². The summed E-state index contributed by atoms with van der Waals surface area (Å²) in [6, 6.07) is 1.79. The third-order valence-corrected chi connectivity index (χ3v) is 5.32. The van der Waals surface area contributed by atoms with Crippen molar-refractivity contribution in [2.45, 2.75) is 32.5 Å². The number of carboxylic acid groups (broad SMARTS) is 1. The van der Waals surface area contributed by atoms with Crippen LogP contribution in [0.25, 0.3) is 10.2 Å². The number of aliphatic carboxylic acids is 1. The Hall–Kier alpha value is -1.34. The van der Waals surface area contributed by atoms with E-state index in [0.29, 0.717) is 33.8 Å². The highest BCUT2D eigenvalue weighted by molar-refractivity contribution is 7.99. The third kappa shape index (κ3) is 3.65. The van der Waals surface area contributed by atoms with Crippen LogP contribution in [0.2, 0.25) is 0 Å². The first kappa shape index (κ1) is 16.0. The molecule has 114 valence electrons. The fraction of sp³-hybridized carbons (Fsp3) is 0.500. The predicted octanol–water partition coefficient (Wildman–Crippen LogP) is 2.93. The van der Waals surface area contributed by atoms with Gasteiger partial charge in [-0.2, -0.15) is 0 Å². The molecule has 5 nitrogen and oxygen atoms in total. The maximum atomic E-state index is 12.6. The second kappa shape index (κ2) is 6.62. The maximum Gasteiger partial charge on any atom is 0.313 e. The van der Waals surface area contributed by atoms with Gasteiger partial charge in [-0.3, -0.25) is 14.2 Å². The van der Waals surface area contributed by atoms with E-state index in [4.69, 9.17) is 5.11 Å². The Morgan fingerprint density at radius 3 is 2.81 bits per heavy atom. The highest BCUT2D eigenvalue weighted by Crippen LogP contribution is 2.22. The molecule has 0 bridgehead atoms. The maximum absolute atomic E-state index is 12.6. The van der Waals surface area contributed by atoms with Gasteiger partial charge in [0.1, 0.15) is 4.70 Å². The van der Waals surface area contributed by atoms with Crippen LogP contribution in [0, 0.1) is 11.8 Å². The van der Waals surface area contributed by atoms with Gasteiger partial charge < -0.3 is 5.11 Å². The van der Waals surface area contributed by atoms with Gasteiger partial charge in [-0.1, -0.05) is 32.5 Å². The molecule has 1 unspecified atom stereocenters. The molecule has 21 heavy (non-hydrogen) atoms. The zero-order chi connectivity index (χ0) is 15.6. The van der Waals surface area contributed by atoms with Gasteiger partial charge in [-0.05, 0) is 23.3 Å². The largest absolute Gasteiger partial charge is 0.481 e. The lowest BCUT2D eigenvalue weighted by molar-refractivity contribution is -0.133. The molecule has 0 fully saturated rings. The van der Waals surface area contributed by atoms with Crippen molar-refractivity contribution in [2.24, 2.45) is 11.8 Å². The highest BCUT2D eigenvalue weighted by atomic mass is 32.2. The first-order valence-electron chi connectivity index (χ1n) is 6.72. The van der Waals surface area contributed by atoms with Gasteiger partial charge in [-0.25, -0.2) is 4.98 Å². The van der Waals surface area contributed by atoms with E-state index < -0.39 is 5.97 Å². The van der Waals surface area contributed by atoms with Gasteiger partial charge >= 0.3 is 5.97 Å². The zero-order valence-electron chi connectivity index (χ0n) is 12.2. The number of fused-ring (bicyclic) bond motifs is 1. The van der Waals surface area contributed by atoms with Gasteiger partial charge in [-0.15, -0.1) is 11.3 Å². The minimum atomic E-state index is -0.914. The van der Waals surface area contributed by atoms with Crippen molar-refractivity contribution in [1.29, 1.82) is 0 Å². The standard InChI is InChI=1S/C14H18N2O3S2/c1-8(2)9(3)6-16-13(19)12-10(4-5-20-12)15-14(16)21-7-11(17)18/h4-5,8-9H,6-7H2,1-3H3,(H,17,18). The van der Waals surface area contributed by atoms with Crippen molar-refractivity contribution in [3.05, 3.63) is 21.8 Å². The fourth-order valence-corrected chi connectivity index (χ4v) is 3.33. The summed E-state index contributed by atoms with van der Waals surface area (Å²) in [5.41, 5.74) is 0.571. The summed E-state index contributed by atoms with van der Waals surface area (Å²) < 4.78 is 2.25. The Bertz CT molecular complexity index is 706. The molecule has 0 radical (unpaired) electrons. The topological polar surface area (TPSA) is 72.2 Å². The van der Waals surface area contributed by atoms with E-state index in [-0.39, 0.29) is 11.3 Å². The normalized spacial score (nSPS) is 13.0. The molecule has 0 aliphatic rings. The van der Waals surface area contributed by atoms with Crippen LogP contribution in [-0.2, 0) is 11.3 Å². The van der Waals surface area contributed by atoms with Crippen molar-refractivity contribution in [1.82, 2.24) is 9.55 Å². The summed E-state index contributed by atoms with van der Waals surface area (Å²) in [7, 11) is 0. The Labute approximate surface area is 131 Å². The minimum Gasteiger partial charge on any atom is -0.481 e. The Balaban J connectivity index is 2.46. The SMILES string of the molecule is CC(C)C(C)Cn1c(SCC(=O)O)nc2ccsc2c1=O. The highest BCUT2D eigenvalue weighted by Gasteiger charge is 2.17. The van der Waals surface area contributed by atoms with E-state index in [9.17, 15) is 9.59 Å². The molecule has 2 heterocycles. The second-order valence-corrected chi connectivity index (χ2v) is 7.21. The van der Waals surface area contributed by atoms with Gasteiger partial charge in [0.05, 0.1) is 11.3 Å². The molecule has 0 saturated carbocycles. The lowest BCUT2D eigenvalue weighted by atomic mass is 9.98. The van der Waals surface area contributed by atoms with Crippen molar-refractivity contribution >= 4 is 39.3 Å². The number of hydrogen-bond acceptors (Lipinski definition) is 5. The van der Waals surface area contributed by atoms with Crippen molar-refractivity contribution in [3.8, 4) is 0 Å². The summed E-state index contributed by atoms with van der Waals surface area (Å²) in [5.74, 6) is -0.263.